The van der Waals surface area contributed by atoms with E-state index in [1.807, 2.05) is 47.1 Å². The molecule has 2 aromatic carbocycles. The minimum Gasteiger partial charge on any atom is -0.480 e. The molecule has 1 aromatic heterocycles. The lowest BCUT2D eigenvalue weighted by atomic mass is 10.2. The van der Waals surface area contributed by atoms with Crippen molar-refractivity contribution < 1.29 is 19.4 Å². The molecule has 0 amide bonds. The molecule has 6 nitrogen and oxygen atoms in total. The third-order valence-electron chi connectivity index (χ3n) is 3.75. The van der Waals surface area contributed by atoms with Crippen LogP contribution in [0.15, 0.2) is 54.6 Å². The Labute approximate surface area is 145 Å². The molecular weight excluding hydrogens is 320 g/mol. The minimum atomic E-state index is -0.981. The molecule has 25 heavy (non-hydrogen) atoms. The van der Waals surface area contributed by atoms with E-state index in [2.05, 4.69) is 17.2 Å². The minimum absolute atomic E-state index is 0.245. The van der Waals surface area contributed by atoms with Gasteiger partial charge in [-0.3, -0.25) is 4.68 Å². The van der Waals surface area contributed by atoms with E-state index in [-0.39, 0.29) is 13.2 Å². The monoisotopic (exact) mass is 340 g/mol. The van der Waals surface area contributed by atoms with E-state index in [0.717, 1.165) is 16.6 Å². The summed E-state index contributed by atoms with van der Waals surface area (Å²) in [5.41, 5.74) is 3.11. The molecule has 3 aromatic rings. The predicted octanol–water partition coefficient (Wildman–Crippen LogP) is 2.70. The molecule has 0 saturated carbocycles. The van der Waals surface area contributed by atoms with Gasteiger partial charge in [-0.25, -0.2) is 4.79 Å². The quantitative estimate of drug-likeness (QED) is 0.606. The van der Waals surface area contributed by atoms with Crippen LogP contribution in [-0.2, 0) is 27.4 Å². The largest absolute Gasteiger partial charge is 0.480 e. The van der Waals surface area contributed by atoms with Gasteiger partial charge in [0.1, 0.15) is 6.61 Å². The summed E-state index contributed by atoms with van der Waals surface area (Å²) < 4.78 is 12.5. The molecule has 0 aliphatic rings. The first-order valence-electron chi connectivity index (χ1n) is 8.09. The summed E-state index contributed by atoms with van der Waals surface area (Å²) >= 11 is 0. The summed E-state index contributed by atoms with van der Waals surface area (Å²) in [5, 5.41) is 14.3. The Morgan fingerprint density at radius 2 is 1.72 bits per heavy atom. The first kappa shape index (κ1) is 17.1. The van der Waals surface area contributed by atoms with Gasteiger partial charge in [0, 0.05) is 5.39 Å². The van der Waals surface area contributed by atoms with Crippen LogP contribution in [0.5, 0.6) is 0 Å². The van der Waals surface area contributed by atoms with Gasteiger partial charge in [0.15, 0.2) is 0 Å². The van der Waals surface area contributed by atoms with E-state index in [0.29, 0.717) is 19.8 Å². The Hall–Kier alpha value is -2.70. The number of rotatable bonds is 9. The Morgan fingerprint density at radius 1 is 1.00 bits per heavy atom. The zero-order valence-electron chi connectivity index (χ0n) is 13.8. The first-order valence-corrected chi connectivity index (χ1v) is 8.09. The summed E-state index contributed by atoms with van der Waals surface area (Å²) in [7, 11) is 0. The zero-order valence-corrected chi connectivity index (χ0v) is 13.8. The molecule has 1 N–H and O–H groups in total. The number of ether oxygens (including phenoxy) is 2. The van der Waals surface area contributed by atoms with Gasteiger partial charge in [-0.05, 0) is 11.6 Å². The van der Waals surface area contributed by atoms with E-state index < -0.39 is 5.97 Å². The van der Waals surface area contributed by atoms with Crippen molar-refractivity contribution in [1.29, 1.82) is 0 Å². The smallest absolute Gasteiger partial charge is 0.329 e. The van der Waals surface area contributed by atoms with E-state index in [4.69, 9.17) is 14.6 Å². The first-order chi connectivity index (χ1) is 12.2. The second-order valence-corrected chi connectivity index (χ2v) is 5.61. The van der Waals surface area contributed by atoms with E-state index in [1.165, 1.54) is 5.56 Å². The number of nitrogens with zero attached hydrogens (tertiary/aromatic N) is 2. The fourth-order valence-electron chi connectivity index (χ4n) is 2.63. The second kappa shape index (κ2) is 8.41. The lowest BCUT2D eigenvalue weighted by Gasteiger charge is -2.04. The highest BCUT2D eigenvalue weighted by Gasteiger charge is 2.10. The summed E-state index contributed by atoms with van der Waals surface area (Å²) in [6, 6.07) is 18.2. The second-order valence-electron chi connectivity index (χ2n) is 5.61. The van der Waals surface area contributed by atoms with Crippen molar-refractivity contribution in [2.75, 3.05) is 19.8 Å². The van der Waals surface area contributed by atoms with Gasteiger partial charge in [-0.1, -0.05) is 48.5 Å². The maximum absolute atomic E-state index is 10.4. The van der Waals surface area contributed by atoms with E-state index in [9.17, 15) is 4.79 Å². The molecule has 0 saturated heterocycles. The number of hydrogen-bond donors (Lipinski definition) is 1. The SMILES string of the molecule is O=C(O)COCCOCc1nn(Cc2ccccc2)c2ccccc12. The number of aliphatic carboxylic acids is 1. The number of carbonyl (C=O) groups is 1. The van der Waals surface area contributed by atoms with Crippen molar-refractivity contribution in [3.05, 3.63) is 65.9 Å². The van der Waals surface area contributed by atoms with E-state index >= 15 is 0 Å². The number of carboxylic acids is 1. The fraction of sp³-hybridized carbons (Fsp3) is 0.263. The van der Waals surface area contributed by atoms with Crippen molar-refractivity contribution >= 4 is 16.9 Å². The average molecular weight is 340 g/mol. The number of fused-ring (bicyclic) bond motifs is 1. The van der Waals surface area contributed by atoms with Crippen molar-refractivity contribution in [2.45, 2.75) is 13.2 Å². The van der Waals surface area contributed by atoms with Crippen LogP contribution in [0, 0.1) is 0 Å². The molecule has 1 heterocycles. The van der Waals surface area contributed by atoms with Crippen molar-refractivity contribution in [2.24, 2.45) is 0 Å². The Bertz CT molecular complexity index is 830. The topological polar surface area (TPSA) is 73.6 Å². The number of para-hydroxylation sites is 1. The molecule has 6 heteroatoms. The highest BCUT2D eigenvalue weighted by molar-refractivity contribution is 5.81. The molecule has 0 spiro atoms. The molecule has 130 valence electrons. The van der Waals surface area contributed by atoms with Crippen LogP contribution in [-0.4, -0.2) is 40.7 Å². The van der Waals surface area contributed by atoms with Crippen LogP contribution >= 0.6 is 0 Å². The molecule has 3 rings (SSSR count). The lowest BCUT2D eigenvalue weighted by molar-refractivity contribution is -0.142. The third-order valence-corrected chi connectivity index (χ3v) is 3.75. The number of benzene rings is 2. The summed E-state index contributed by atoms with van der Waals surface area (Å²) in [5.74, 6) is -0.981. The molecule has 0 aliphatic carbocycles. The molecule has 0 bridgehead atoms. The van der Waals surface area contributed by atoms with Gasteiger partial charge >= 0.3 is 5.97 Å². The van der Waals surface area contributed by atoms with Gasteiger partial charge in [-0.15, -0.1) is 0 Å². The molecule has 0 aliphatic heterocycles. The van der Waals surface area contributed by atoms with Gasteiger partial charge < -0.3 is 14.6 Å². The lowest BCUT2D eigenvalue weighted by Crippen LogP contribution is -2.11. The Kier molecular flexibility index (Phi) is 5.77. The fourth-order valence-corrected chi connectivity index (χ4v) is 2.63. The number of aromatic nitrogens is 2. The van der Waals surface area contributed by atoms with Crippen LogP contribution in [0.2, 0.25) is 0 Å². The van der Waals surface area contributed by atoms with E-state index in [1.54, 1.807) is 0 Å². The molecule has 0 atom stereocenters. The summed E-state index contributed by atoms with van der Waals surface area (Å²) in [6.45, 7) is 1.32. The van der Waals surface area contributed by atoms with Gasteiger partial charge in [0.05, 0.1) is 37.6 Å². The van der Waals surface area contributed by atoms with Gasteiger partial charge in [-0.2, -0.15) is 5.10 Å². The number of carboxylic acid groups (broad SMARTS) is 1. The van der Waals surface area contributed by atoms with Gasteiger partial charge in [0.2, 0.25) is 0 Å². The highest BCUT2D eigenvalue weighted by Crippen LogP contribution is 2.20. The molecule has 0 unspecified atom stereocenters. The van der Waals surface area contributed by atoms with Gasteiger partial charge in [0.25, 0.3) is 0 Å². The Balaban J connectivity index is 1.66. The standard InChI is InChI=1S/C19H20N2O4/c22-19(23)14-25-11-10-24-13-17-16-8-4-5-9-18(16)21(20-17)12-15-6-2-1-3-7-15/h1-9H,10-14H2,(H,22,23). The normalized spacial score (nSPS) is 11.0. The maximum Gasteiger partial charge on any atom is 0.329 e. The Morgan fingerprint density at radius 3 is 2.52 bits per heavy atom. The summed E-state index contributed by atoms with van der Waals surface area (Å²) in [4.78, 5) is 10.4. The third kappa shape index (κ3) is 4.65. The molecule has 0 radical (unpaired) electrons. The summed E-state index contributed by atoms with van der Waals surface area (Å²) in [6.07, 6.45) is 0. The maximum atomic E-state index is 10.4. The predicted molar refractivity (Wildman–Crippen MR) is 93.4 cm³/mol. The van der Waals surface area contributed by atoms with Crippen molar-refractivity contribution in [3.63, 3.8) is 0 Å². The zero-order chi connectivity index (χ0) is 17.5. The van der Waals surface area contributed by atoms with Crippen LogP contribution in [0.3, 0.4) is 0 Å². The molecular formula is C19H20N2O4. The molecule has 0 fully saturated rings. The van der Waals surface area contributed by atoms with Crippen LogP contribution in [0.4, 0.5) is 0 Å². The van der Waals surface area contributed by atoms with Crippen molar-refractivity contribution in [1.82, 2.24) is 9.78 Å². The highest BCUT2D eigenvalue weighted by atomic mass is 16.5. The van der Waals surface area contributed by atoms with Crippen LogP contribution in [0.25, 0.3) is 10.9 Å². The van der Waals surface area contributed by atoms with Crippen molar-refractivity contribution in [3.8, 4) is 0 Å². The number of hydrogen-bond acceptors (Lipinski definition) is 4. The van der Waals surface area contributed by atoms with Crippen LogP contribution in [0.1, 0.15) is 11.3 Å². The average Bonchev–Trinajstić information content (AvgIpc) is 2.97. The van der Waals surface area contributed by atoms with Crippen LogP contribution < -0.4 is 0 Å².